The zero-order valence-corrected chi connectivity index (χ0v) is 22.5. The van der Waals surface area contributed by atoms with Crippen molar-refractivity contribution in [3.8, 4) is 11.5 Å². The van der Waals surface area contributed by atoms with Crippen LogP contribution in [0.5, 0.6) is 11.5 Å². The van der Waals surface area contributed by atoms with Crippen LogP contribution in [0.3, 0.4) is 0 Å². The highest BCUT2D eigenvalue weighted by Crippen LogP contribution is 2.46. The van der Waals surface area contributed by atoms with E-state index in [4.69, 9.17) is 37.8 Å². The molecular formula is C27H34Cl3NO4. The number of aliphatic carboxylic acids is 1. The van der Waals surface area contributed by atoms with E-state index in [1.165, 1.54) is 5.56 Å². The third-order valence-corrected chi connectivity index (χ3v) is 7.78. The van der Waals surface area contributed by atoms with E-state index in [-0.39, 0.29) is 24.2 Å². The normalized spacial score (nSPS) is 16.4. The average molecular weight is 543 g/mol. The summed E-state index contributed by atoms with van der Waals surface area (Å²) in [6.45, 7) is 5.93. The number of hydrogen-bond donors (Lipinski definition) is 1. The van der Waals surface area contributed by atoms with Gasteiger partial charge in [0.1, 0.15) is 18.1 Å². The number of unbranched alkanes of at least 4 members (excludes halogenated alkanes) is 1. The molecule has 4 rings (SSSR count). The number of carboxylic acids is 1. The summed E-state index contributed by atoms with van der Waals surface area (Å²) in [5.41, 5.74) is 3.25. The van der Waals surface area contributed by atoms with Gasteiger partial charge in [0, 0.05) is 39.1 Å². The van der Waals surface area contributed by atoms with Crippen LogP contribution in [-0.2, 0) is 23.2 Å². The standard InChI is InChI=1S/C27H33Cl2NO4.ClH/c1-2-3-5-19-14-23(28)21(24(29)15-19)17-33-20-7-8-22-25(16-20)34-18-27(22)9-12-30(13-10-27)11-4-6-26(31)32;/h7-8,14-16H,2-6,9-13,17-18H2,1H3,(H,31,32);1H. The Bertz CT molecular complexity index is 998. The number of ether oxygens (including phenoxy) is 2. The van der Waals surface area contributed by atoms with E-state index >= 15 is 0 Å². The van der Waals surface area contributed by atoms with Crippen LogP contribution in [0.1, 0.15) is 62.1 Å². The van der Waals surface area contributed by atoms with Crippen LogP contribution in [0.25, 0.3) is 0 Å². The van der Waals surface area contributed by atoms with E-state index in [1.807, 2.05) is 24.3 Å². The van der Waals surface area contributed by atoms with Gasteiger partial charge < -0.3 is 19.5 Å². The number of fused-ring (bicyclic) bond motifs is 2. The average Bonchev–Trinajstić information content (AvgIpc) is 3.15. The summed E-state index contributed by atoms with van der Waals surface area (Å²) in [7, 11) is 0. The second-order valence-electron chi connectivity index (χ2n) is 9.50. The molecule has 0 aliphatic carbocycles. The van der Waals surface area contributed by atoms with Crippen LogP contribution in [0.2, 0.25) is 10.0 Å². The number of halogens is 3. The van der Waals surface area contributed by atoms with Crippen LogP contribution in [-0.4, -0.2) is 42.2 Å². The maximum atomic E-state index is 10.8. The fourth-order valence-electron chi connectivity index (χ4n) is 4.99. The molecule has 35 heavy (non-hydrogen) atoms. The van der Waals surface area contributed by atoms with Crippen LogP contribution in [0, 0.1) is 0 Å². The molecule has 0 saturated carbocycles. The fourth-order valence-corrected chi connectivity index (χ4v) is 5.63. The van der Waals surface area contributed by atoms with Crippen molar-refractivity contribution in [3.63, 3.8) is 0 Å². The van der Waals surface area contributed by atoms with E-state index < -0.39 is 5.97 Å². The second-order valence-corrected chi connectivity index (χ2v) is 10.3. The summed E-state index contributed by atoms with van der Waals surface area (Å²) < 4.78 is 12.2. The molecule has 1 fully saturated rings. The highest BCUT2D eigenvalue weighted by Gasteiger charge is 2.43. The number of carbonyl (C=O) groups is 1. The van der Waals surface area contributed by atoms with Crippen molar-refractivity contribution >= 4 is 41.6 Å². The van der Waals surface area contributed by atoms with E-state index in [1.54, 1.807) is 0 Å². The Kier molecular flexibility index (Phi) is 10.00. The Hall–Kier alpha value is -1.66. The first-order chi connectivity index (χ1) is 16.4. The highest BCUT2D eigenvalue weighted by molar-refractivity contribution is 6.36. The SMILES string of the molecule is CCCCc1cc(Cl)c(COc2ccc3c(c2)OCC32CCN(CCCC(=O)O)CC2)c(Cl)c1.Cl. The molecule has 0 bridgehead atoms. The zero-order chi connectivity index (χ0) is 24.1. The van der Waals surface area contributed by atoms with Gasteiger partial charge in [-0.05, 0) is 75.5 Å². The van der Waals surface area contributed by atoms with E-state index in [0.717, 1.165) is 74.4 Å². The smallest absolute Gasteiger partial charge is 0.303 e. The molecule has 2 aliphatic rings. The van der Waals surface area contributed by atoms with Crippen molar-refractivity contribution in [1.82, 2.24) is 4.90 Å². The Morgan fingerprint density at radius 1 is 1.14 bits per heavy atom. The van der Waals surface area contributed by atoms with Crippen molar-refractivity contribution in [2.75, 3.05) is 26.2 Å². The Labute approximate surface area is 224 Å². The third kappa shape index (κ3) is 6.76. The lowest BCUT2D eigenvalue weighted by Crippen LogP contribution is -2.43. The zero-order valence-electron chi connectivity index (χ0n) is 20.2. The predicted molar refractivity (Wildman–Crippen MR) is 143 cm³/mol. The van der Waals surface area contributed by atoms with Crippen LogP contribution < -0.4 is 9.47 Å². The Balaban J connectivity index is 0.00000342. The number of nitrogens with zero attached hydrogens (tertiary/aromatic N) is 1. The lowest BCUT2D eigenvalue weighted by molar-refractivity contribution is -0.137. The van der Waals surface area contributed by atoms with E-state index in [9.17, 15) is 4.79 Å². The molecule has 5 nitrogen and oxygen atoms in total. The highest BCUT2D eigenvalue weighted by atomic mass is 35.5. The van der Waals surface area contributed by atoms with Gasteiger partial charge in [-0.15, -0.1) is 12.4 Å². The van der Waals surface area contributed by atoms with Gasteiger partial charge in [-0.25, -0.2) is 0 Å². The molecule has 1 saturated heterocycles. The minimum Gasteiger partial charge on any atom is -0.492 e. The summed E-state index contributed by atoms with van der Waals surface area (Å²) in [5, 5.41) is 10.1. The summed E-state index contributed by atoms with van der Waals surface area (Å²) in [4.78, 5) is 13.1. The van der Waals surface area contributed by atoms with Gasteiger partial charge in [0.2, 0.25) is 0 Å². The monoisotopic (exact) mass is 541 g/mol. The topological polar surface area (TPSA) is 59.0 Å². The Morgan fingerprint density at radius 2 is 1.86 bits per heavy atom. The van der Waals surface area contributed by atoms with Crippen molar-refractivity contribution in [2.24, 2.45) is 0 Å². The summed E-state index contributed by atoms with van der Waals surface area (Å²) in [6, 6.07) is 10.1. The lowest BCUT2D eigenvalue weighted by Gasteiger charge is -2.38. The molecule has 8 heteroatoms. The third-order valence-electron chi connectivity index (χ3n) is 7.11. The maximum absolute atomic E-state index is 10.8. The van der Waals surface area contributed by atoms with E-state index in [2.05, 4.69) is 17.9 Å². The molecule has 192 valence electrons. The minimum absolute atomic E-state index is 0. The summed E-state index contributed by atoms with van der Waals surface area (Å²) in [5.74, 6) is 0.909. The minimum atomic E-state index is -0.724. The quantitative estimate of drug-likeness (QED) is 0.353. The molecule has 2 aliphatic heterocycles. The van der Waals surface area contributed by atoms with Gasteiger partial charge in [0.15, 0.2) is 0 Å². The molecule has 2 heterocycles. The number of carboxylic acid groups (broad SMARTS) is 1. The van der Waals surface area contributed by atoms with Crippen LogP contribution >= 0.6 is 35.6 Å². The molecule has 0 atom stereocenters. The van der Waals surface area contributed by atoms with Crippen LogP contribution in [0.4, 0.5) is 0 Å². The summed E-state index contributed by atoms with van der Waals surface area (Å²) >= 11 is 13.0. The molecular weight excluding hydrogens is 509 g/mol. The number of piperidine rings is 1. The van der Waals surface area contributed by atoms with Crippen LogP contribution in [0.15, 0.2) is 30.3 Å². The van der Waals surface area contributed by atoms with Gasteiger partial charge in [0.25, 0.3) is 0 Å². The molecule has 0 unspecified atom stereocenters. The van der Waals surface area contributed by atoms with Crippen molar-refractivity contribution in [2.45, 2.75) is 63.9 Å². The first-order valence-electron chi connectivity index (χ1n) is 12.2. The fraction of sp³-hybridized carbons (Fsp3) is 0.519. The molecule has 1 N–H and O–H groups in total. The first kappa shape index (κ1) is 27.9. The predicted octanol–water partition coefficient (Wildman–Crippen LogP) is 6.93. The Morgan fingerprint density at radius 3 is 2.51 bits per heavy atom. The van der Waals surface area contributed by atoms with Gasteiger partial charge in [-0.3, -0.25) is 4.79 Å². The number of likely N-dealkylation sites (tertiary alicyclic amines) is 1. The molecule has 0 aromatic heterocycles. The summed E-state index contributed by atoms with van der Waals surface area (Å²) in [6.07, 6.45) is 6.18. The number of benzene rings is 2. The molecule has 1 spiro atoms. The molecule has 2 aromatic carbocycles. The molecule has 0 amide bonds. The van der Waals surface area contributed by atoms with Crippen molar-refractivity contribution < 1.29 is 19.4 Å². The molecule has 2 aromatic rings. The maximum Gasteiger partial charge on any atom is 0.303 e. The number of hydrogen-bond acceptors (Lipinski definition) is 4. The van der Waals surface area contributed by atoms with Gasteiger partial charge in [-0.2, -0.15) is 0 Å². The van der Waals surface area contributed by atoms with Crippen molar-refractivity contribution in [3.05, 3.63) is 57.1 Å². The van der Waals surface area contributed by atoms with Gasteiger partial charge in [0.05, 0.1) is 6.61 Å². The van der Waals surface area contributed by atoms with Gasteiger partial charge in [-0.1, -0.05) is 42.6 Å². The largest absolute Gasteiger partial charge is 0.492 e. The number of aryl methyl sites for hydroxylation is 1. The second kappa shape index (κ2) is 12.5. The molecule has 0 radical (unpaired) electrons. The lowest BCUT2D eigenvalue weighted by atomic mass is 9.74. The van der Waals surface area contributed by atoms with E-state index in [0.29, 0.717) is 29.7 Å². The van der Waals surface area contributed by atoms with Gasteiger partial charge >= 0.3 is 5.97 Å². The number of rotatable bonds is 10. The van der Waals surface area contributed by atoms with Crippen molar-refractivity contribution in [1.29, 1.82) is 0 Å². The first-order valence-corrected chi connectivity index (χ1v) is 13.0.